The Kier molecular flexibility index (Phi) is 5.15. The van der Waals surface area contributed by atoms with Crippen LogP contribution in [0.1, 0.15) is 31.7 Å². The highest BCUT2D eigenvalue weighted by Crippen LogP contribution is 2.15. The largest absolute Gasteiger partial charge is 0.392 e. The van der Waals surface area contributed by atoms with Crippen LogP contribution < -0.4 is 5.32 Å². The molecule has 4 nitrogen and oxygen atoms in total. The summed E-state index contributed by atoms with van der Waals surface area (Å²) >= 11 is 0. The molecule has 0 radical (unpaired) electrons. The number of likely N-dealkylation sites (tertiary alicyclic amines) is 1. The number of benzene rings is 1. The maximum absolute atomic E-state index is 12.1. The third kappa shape index (κ3) is 3.81. The molecule has 110 valence electrons. The van der Waals surface area contributed by atoms with Crippen molar-refractivity contribution in [2.24, 2.45) is 0 Å². The predicted octanol–water partition coefficient (Wildman–Crippen LogP) is 1.36. The molecule has 0 aliphatic carbocycles. The van der Waals surface area contributed by atoms with E-state index in [4.69, 9.17) is 0 Å². The van der Waals surface area contributed by atoms with E-state index in [1.54, 1.807) is 0 Å². The number of β-amino-alcohol motifs (C(OH)–C–C–N with tert-alkyl or cyclic N) is 1. The van der Waals surface area contributed by atoms with Gasteiger partial charge in [-0.15, -0.1) is 0 Å². The first-order valence-corrected chi connectivity index (χ1v) is 7.32. The van der Waals surface area contributed by atoms with Crippen molar-refractivity contribution in [2.45, 2.75) is 38.3 Å². The molecular weight excluding hydrogens is 252 g/mol. The molecule has 1 fully saturated rings. The van der Waals surface area contributed by atoms with Crippen LogP contribution in [0.3, 0.4) is 0 Å². The Morgan fingerprint density at radius 3 is 2.70 bits per heavy atom. The molecule has 3 atom stereocenters. The van der Waals surface area contributed by atoms with Crippen molar-refractivity contribution >= 4 is 5.91 Å². The minimum Gasteiger partial charge on any atom is -0.392 e. The van der Waals surface area contributed by atoms with Gasteiger partial charge in [-0.05, 0) is 24.8 Å². The van der Waals surface area contributed by atoms with Crippen LogP contribution in [0, 0.1) is 0 Å². The van der Waals surface area contributed by atoms with Crippen molar-refractivity contribution in [3.63, 3.8) is 0 Å². The van der Waals surface area contributed by atoms with Gasteiger partial charge in [0, 0.05) is 19.6 Å². The normalized spacial score (nSPS) is 22.4. The summed E-state index contributed by atoms with van der Waals surface area (Å²) in [4.78, 5) is 14.2. The summed E-state index contributed by atoms with van der Waals surface area (Å²) in [5, 5.41) is 12.5. The zero-order valence-electron chi connectivity index (χ0n) is 12.2. The Balaban J connectivity index is 1.80. The van der Waals surface area contributed by atoms with Gasteiger partial charge in [0.15, 0.2) is 0 Å². The first-order valence-electron chi connectivity index (χ1n) is 7.32. The molecule has 20 heavy (non-hydrogen) atoms. The van der Waals surface area contributed by atoms with Crippen molar-refractivity contribution < 1.29 is 9.90 Å². The average Bonchev–Trinajstić information content (AvgIpc) is 2.91. The lowest BCUT2D eigenvalue weighted by atomic mass is 10.0. The number of rotatable bonds is 5. The van der Waals surface area contributed by atoms with E-state index < -0.39 is 0 Å². The van der Waals surface area contributed by atoms with Gasteiger partial charge in [-0.2, -0.15) is 0 Å². The molecule has 0 aromatic heterocycles. The lowest BCUT2D eigenvalue weighted by Gasteiger charge is -2.23. The molecule has 0 spiro atoms. The molecule has 1 aliphatic heterocycles. The Bertz CT molecular complexity index is 435. The Morgan fingerprint density at radius 1 is 1.40 bits per heavy atom. The summed E-state index contributed by atoms with van der Waals surface area (Å²) in [6.07, 6.45) is 0.478. The second-order valence-corrected chi connectivity index (χ2v) is 5.67. The average molecular weight is 276 g/mol. The van der Waals surface area contributed by atoms with Crippen LogP contribution in [0.2, 0.25) is 0 Å². The third-order valence-electron chi connectivity index (χ3n) is 4.07. The molecule has 2 N–H and O–H groups in total. The Labute approximate surface area is 120 Å². The fraction of sp³-hybridized carbons (Fsp3) is 0.562. The summed E-state index contributed by atoms with van der Waals surface area (Å²) in [5.74, 6) is 0.346. The van der Waals surface area contributed by atoms with Gasteiger partial charge in [0.1, 0.15) is 0 Å². The van der Waals surface area contributed by atoms with Crippen molar-refractivity contribution in [2.75, 3.05) is 19.6 Å². The summed E-state index contributed by atoms with van der Waals surface area (Å²) in [5.41, 5.74) is 1.23. The number of nitrogens with zero attached hydrogens (tertiary/aromatic N) is 1. The number of carbonyl (C=O) groups excluding carboxylic acids is 1. The fourth-order valence-electron chi connectivity index (χ4n) is 2.59. The van der Waals surface area contributed by atoms with Gasteiger partial charge in [-0.1, -0.05) is 37.3 Å². The van der Waals surface area contributed by atoms with E-state index in [-0.39, 0.29) is 18.1 Å². The van der Waals surface area contributed by atoms with E-state index in [1.807, 2.05) is 30.0 Å². The quantitative estimate of drug-likeness (QED) is 0.854. The van der Waals surface area contributed by atoms with E-state index >= 15 is 0 Å². The first kappa shape index (κ1) is 15.0. The zero-order valence-corrected chi connectivity index (χ0v) is 12.2. The highest BCUT2D eigenvalue weighted by atomic mass is 16.3. The molecule has 4 heteroatoms. The molecule has 0 bridgehead atoms. The van der Waals surface area contributed by atoms with Gasteiger partial charge >= 0.3 is 0 Å². The highest BCUT2D eigenvalue weighted by molar-refractivity contribution is 5.81. The van der Waals surface area contributed by atoms with E-state index in [9.17, 15) is 9.90 Å². The molecule has 1 saturated heterocycles. The van der Waals surface area contributed by atoms with Gasteiger partial charge < -0.3 is 10.4 Å². The van der Waals surface area contributed by atoms with Crippen LogP contribution in [-0.2, 0) is 4.79 Å². The van der Waals surface area contributed by atoms with Crippen LogP contribution in [-0.4, -0.2) is 47.7 Å². The van der Waals surface area contributed by atoms with Crippen molar-refractivity contribution in [1.82, 2.24) is 10.2 Å². The maximum Gasteiger partial charge on any atom is 0.237 e. The number of amides is 1. The van der Waals surface area contributed by atoms with Gasteiger partial charge in [-0.25, -0.2) is 0 Å². The summed E-state index contributed by atoms with van der Waals surface area (Å²) in [6.45, 7) is 6.05. The number of aliphatic hydroxyl groups excluding tert-OH is 1. The van der Waals surface area contributed by atoms with Crippen LogP contribution >= 0.6 is 0 Å². The molecule has 0 unspecified atom stereocenters. The summed E-state index contributed by atoms with van der Waals surface area (Å²) in [7, 11) is 0. The molecule has 1 aromatic carbocycles. The number of hydrogen-bond acceptors (Lipinski definition) is 3. The second-order valence-electron chi connectivity index (χ2n) is 5.67. The van der Waals surface area contributed by atoms with Crippen molar-refractivity contribution in [3.8, 4) is 0 Å². The zero-order chi connectivity index (χ0) is 14.5. The third-order valence-corrected chi connectivity index (χ3v) is 4.07. The van der Waals surface area contributed by atoms with Crippen LogP contribution in [0.25, 0.3) is 0 Å². The van der Waals surface area contributed by atoms with Gasteiger partial charge in [0.2, 0.25) is 5.91 Å². The molecular formula is C16H24N2O2. The number of aliphatic hydroxyl groups is 1. The molecule has 0 saturated carbocycles. The smallest absolute Gasteiger partial charge is 0.237 e. The minimum atomic E-state index is -0.284. The monoisotopic (exact) mass is 276 g/mol. The lowest BCUT2D eigenvalue weighted by molar-refractivity contribution is -0.125. The van der Waals surface area contributed by atoms with Gasteiger partial charge in [-0.3, -0.25) is 9.69 Å². The van der Waals surface area contributed by atoms with Gasteiger partial charge in [0.05, 0.1) is 12.1 Å². The number of nitrogens with one attached hydrogen (secondary N) is 1. The Hall–Kier alpha value is -1.39. The molecule has 1 amide bonds. The standard InChI is InChI=1S/C16H24N2O2/c1-12(14-6-4-3-5-7-14)10-17-16(20)13(2)18-9-8-15(19)11-18/h3-7,12-13,15,19H,8-11H2,1-2H3,(H,17,20)/t12-,13-,15-/m1/s1. The summed E-state index contributed by atoms with van der Waals surface area (Å²) < 4.78 is 0. The topological polar surface area (TPSA) is 52.6 Å². The van der Waals surface area contributed by atoms with Crippen molar-refractivity contribution in [3.05, 3.63) is 35.9 Å². The fourth-order valence-corrected chi connectivity index (χ4v) is 2.59. The van der Waals surface area contributed by atoms with Crippen LogP contribution in [0.5, 0.6) is 0 Å². The molecule has 2 rings (SSSR count). The molecule has 1 heterocycles. The Morgan fingerprint density at radius 2 is 2.10 bits per heavy atom. The van der Waals surface area contributed by atoms with E-state index in [1.165, 1.54) is 5.56 Å². The van der Waals surface area contributed by atoms with E-state index in [0.717, 1.165) is 13.0 Å². The van der Waals surface area contributed by atoms with E-state index in [2.05, 4.69) is 24.4 Å². The lowest BCUT2D eigenvalue weighted by Crippen LogP contribution is -2.45. The van der Waals surface area contributed by atoms with Crippen LogP contribution in [0.15, 0.2) is 30.3 Å². The van der Waals surface area contributed by atoms with Gasteiger partial charge in [0.25, 0.3) is 0 Å². The van der Waals surface area contributed by atoms with Crippen molar-refractivity contribution in [1.29, 1.82) is 0 Å². The first-order chi connectivity index (χ1) is 9.58. The maximum atomic E-state index is 12.1. The molecule has 1 aromatic rings. The number of carbonyl (C=O) groups is 1. The number of hydrogen-bond donors (Lipinski definition) is 2. The second kappa shape index (κ2) is 6.86. The minimum absolute atomic E-state index is 0.0434. The predicted molar refractivity (Wildman–Crippen MR) is 79.5 cm³/mol. The summed E-state index contributed by atoms with van der Waals surface area (Å²) in [6, 6.07) is 10.0. The SMILES string of the molecule is C[C@H](CNC(=O)[C@@H](C)N1CC[C@@H](O)C1)c1ccccc1. The molecule has 1 aliphatic rings. The van der Waals surface area contributed by atoms with Crippen LogP contribution in [0.4, 0.5) is 0 Å². The van der Waals surface area contributed by atoms with E-state index in [0.29, 0.717) is 19.0 Å². The highest BCUT2D eigenvalue weighted by Gasteiger charge is 2.28.